The standard InChI is InChI=1S/C8H8F2O2S2/c1-2-12-7(11)8(9,10)14-6-4-3-5-13-6/h3-5H,2H2,1H3. The minimum Gasteiger partial charge on any atom is -0.461 e. The molecule has 0 atom stereocenters. The Morgan fingerprint density at radius 2 is 2.43 bits per heavy atom. The average Bonchev–Trinajstić information content (AvgIpc) is 2.56. The highest BCUT2D eigenvalue weighted by Crippen LogP contribution is 2.38. The lowest BCUT2D eigenvalue weighted by molar-refractivity contribution is -0.159. The second kappa shape index (κ2) is 4.75. The van der Waals surface area contributed by atoms with Gasteiger partial charge in [0.2, 0.25) is 0 Å². The Labute approximate surface area is 88.3 Å². The normalized spacial score (nSPS) is 11.4. The molecule has 0 aliphatic carbocycles. The van der Waals surface area contributed by atoms with Crippen molar-refractivity contribution >= 4 is 29.1 Å². The smallest absolute Gasteiger partial charge is 0.393 e. The zero-order valence-electron chi connectivity index (χ0n) is 7.33. The summed E-state index contributed by atoms with van der Waals surface area (Å²) in [4.78, 5) is 10.8. The van der Waals surface area contributed by atoms with Gasteiger partial charge in [0.05, 0.1) is 10.8 Å². The molecular formula is C8H8F2O2S2. The molecule has 0 unspecified atom stereocenters. The number of alkyl halides is 2. The Morgan fingerprint density at radius 1 is 1.71 bits per heavy atom. The summed E-state index contributed by atoms with van der Waals surface area (Å²) in [6, 6.07) is 3.18. The van der Waals surface area contributed by atoms with Gasteiger partial charge in [-0.1, -0.05) is 6.07 Å². The van der Waals surface area contributed by atoms with Gasteiger partial charge in [-0.25, -0.2) is 4.79 Å². The Hall–Kier alpha value is -0.620. The first kappa shape index (κ1) is 11.5. The molecule has 0 N–H and O–H groups in total. The van der Waals surface area contributed by atoms with Crippen LogP contribution in [0.4, 0.5) is 8.78 Å². The topological polar surface area (TPSA) is 26.3 Å². The summed E-state index contributed by atoms with van der Waals surface area (Å²) in [5, 5.41) is -1.83. The largest absolute Gasteiger partial charge is 0.461 e. The van der Waals surface area contributed by atoms with Gasteiger partial charge in [0.15, 0.2) is 0 Å². The maximum absolute atomic E-state index is 13.1. The third-order valence-corrected chi connectivity index (χ3v) is 3.20. The lowest BCUT2D eigenvalue weighted by Crippen LogP contribution is -2.26. The van der Waals surface area contributed by atoms with Crippen LogP contribution in [0.3, 0.4) is 0 Å². The fourth-order valence-corrected chi connectivity index (χ4v) is 2.37. The minimum atomic E-state index is -3.50. The second-order valence-corrected chi connectivity index (χ2v) is 4.63. The van der Waals surface area contributed by atoms with Crippen molar-refractivity contribution < 1.29 is 18.3 Å². The van der Waals surface area contributed by atoms with E-state index < -0.39 is 11.2 Å². The van der Waals surface area contributed by atoms with Crippen LogP contribution in [0.25, 0.3) is 0 Å². The summed E-state index contributed by atoms with van der Waals surface area (Å²) in [7, 11) is 0. The quantitative estimate of drug-likeness (QED) is 0.596. The molecule has 2 nitrogen and oxygen atoms in total. The highest BCUT2D eigenvalue weighted by Gasteiger charge is 2.42. The summed E-state index contributed by atoms with van der Waals surface area (Å²) in [5.41, 5.74) is 0. The first-order chi connectivity index (χ1) is 6.56. The molecule has 0 aromatic carbocycles. The van der Waals surface area contributed by atoms with Crippen LogP contribution in [0.5, 0.6) is 0 Å². The third-order valence-electron chi connectivity index (χ3n) is 1.24. The van der Waals surface area contributed by atoms with E-state index in [4.69, 9.17) is 0 Å². The van der Waals surface area contributed by atoms with Gasteiger partial charge in [-0.3, -0.25) is 0 Å². The number of hydrogen-bond acceptors (Lipinski definition) is 4. The molecule has 14 heavy (non-hydrogen) atoms. The molecule has 0 bridgehead atoms. The molecule has 0 fully saturated rings. The molecule has 1 rings (SSSR count). The molecule has 0 spiro atoms. The van der Waals surface area contributed by atoms with Crippen molar-refractivity contribution in [2.24, 2.45) is 0 Å². The third kappa shape index (κ3) is 2.95. The van der Waals surface area contributed by atoms with Gasteiger partial charge in [-0.05, 0) is 30.1 Å². The molecule has 0 amide bonds. The molecule has 1 aromatic heterocycles. The zero-order valence-corrected chi connectivity index (χ0v) is 8.96. The first-order valence-corrected chi connectivity index (χ1v) is 5.53. The van der Waals surface area contributed by atoms with Crippen molar-refractivity contribution in [3.8, 4) is 0 Å². The lowest BCUT2D eigenvalue weighted by Gasteiger charge is -2.12. The Bertz CT molecular complexity index is 298. The first-order valence-electron chi connectivity index (χ1n) is 3.84. The number of esters is 1. The monoisotopic (exact) mass is 238 g/mol. The molecule has 0 saturated heterocycles. The molecule has 1 aromatic rings. The number of hydrogen-bond donors (Lipinski definition) is 0. The van der Waals surface area contributed by atoms with Gasteiger partial charge in [0, 0.05) is 0 Å². The number of rotatable bonds is 4. The Balaban J connectivity index is 2.61. The van der Waals surface area contributed by atoms with Crippen molar-refractivity contribution in [2.45, 2.75) is 16.4 Å². The summed E-state index contributed by atoms with van der Waals surface area (Å²) in [5.74, 6) is -1.49. The number of carbonyl (C=O) groups excluding carboxylic acids is 1. The van der Waals surface area contributed by atoms with Crippen molar-refractivity contribution in [2.75, 3.05) is 6.61 Å². The second-order valence-electron chi connectivity index (χ2n) is 2.27. The van der Waals surface area contributed by atoms with Crippen LogP contribution in [-0.2, 0) is 9.53 Å². The molecule has 0 saturated carbocycles. The summed E-state index contributed by atoms with van der Waals surface area (Å²) >= 11 is 1.37. The zero-order chi connectivity index (χ0) is 10.6. The maximum Gasteiger partial charge on any atom is 0.393 e. The highest BCUT2D eigenvalue weighted by molar-refractivity contribution is 8.02. The Morgan fingerprint density at radius 3 is 2.93 bits per heavy atom. The summed E-state index contributed by atoms with van der Waals surface area (Å²) < 4.78 is 30.8. The highest BCUT2D eigenvalue weighted by atomic mass is 32.2. The number of ether oxygens (including phenoxy) is 1. The summed E-state index contributed by atoms with van der Waals surface area (Å²) in [6.45, 7) is 1.45. The molecule has 0 aliphatic rings. The fourth-order valence-electron chi connectivity index (χ4n) is 0.705. The van der Waals surface area contributed by atoms with Crippen LogP contribution in [0.2, 0.25) is 0 Å². The van der Waals surface area contributed by atoms with E-state index in [9.17, 15) is 13.6 Å². The number of halogens is 2. The van der Waals surface area contributed by atoms with E-state index in [1.165, 1.54) is 13.0 Å². The lowest BCUT2D eigenvalue weighted by atomic mass is 10.7. The van der Waals surface area contributed by atoms with Gasteiger partial charge in [-0.2, -0.15) is 8.78 Å². The van der Waals surface area contributed by atoms with Gasteiger partial charge < -0.3 is 4.74 Å². The van der Waals surface area contributed by atoms with E-state index in [2.05, 4.69) is 4.74 Å². The van der Waals surface area contributed by atoms with Crippen LogP contribution < -0.4 is 0 Å². The number of carbonyl (C=O) groups is 1. The van der Waals surface area contributed by atoms with Crippen molar-refractivity contribution in [1.29, 1.82) is 0 Å². The molecule has 0 aliphatic heterocycles. The fraction of sp³-hybridized carbons (Fsp3) is 0.375. The van der Waals surface area contributed by atoms with Gasteiger partial charge in [-0.15, -0.1) is 11.3 Å². The van der Waals surface area contributed by atoms with Crippen LogP contribution in [-0.4, -0.2) is 17.8 Å². The van der Waals surface area contributed by atoms with E-state index in [1.807, 2.05) is 0 Å². The van der Waals surface area contributed by atoms with Crippen LogP contribution in [0.1, 0.15) is 6.92 Å². The van der Waals surface area contributed by atoms with E-state index in [0.717, 1.165) is 11.3 Å². The van der Waals surface area contributed by atoms with E-state index in [0.29, 0.717) is 4.21 Å². The van der Waals surface area contributed by atoms with Crippen molar-refractivity contribution in [3.05, 3.63) is 17.5 Å². The molecule has 1 heterocycles. The Kier molecular flexibility index (Phi) is 3.88. The predicted molar refractivity (Wildman–Crippen MR) is 51.8 cm³/mol. The number of thioether (sulfide) groups is 1. The molecular weight excluding hydrogens is 230 g/mol. The number of thiophene rings is 1. The van der Waals surface area contributed by atoms with Gasteiger partial charge >= 0.3 is 11.2 Å². The van der Waals surface area contributed by atoms with Crippen LogP contribution in [0.15, 0.2) is 21.7 Å². The van der Waals surface area contributed by atoms with Crippen molar-refractivity contribution in [1.82, 2.24) is 0 Å². The van der Waals surface area contributed by atoms with Crippen LogP contribution >= 0.6 is 23.1 Å². The van der Waals surface area contributed by atoms with Gasteiger partial charge in [0.1, 0.15) is 0 Å². The molecule has 0 radical (unpaired) electrons. The van der Waals surface area contributed by atoms with Crippen molar-refractivity contribution in [3.63, 3.8) is 0 Å². The van der Waals surface area contributed by atoms with E-state index in [-0.39, 0.29) is 18.4 Å². The maximum atomic E-state index is 13.1. The summed E-state index contributed by atoms with van der Waals surface area (Å²) in [6.07, 6.45) is 0. The van der Waals surface area contributed by atoms with E-state index >= 15 is 0 Å². The molecule has 6 heteroatoms. The van der Waals surface area contributed by atoms with Crippen LogP contribution in [0, 0.1) is 0 Å². The molecule has 78 valence electrons. The van der Waals surface area contributed by atoms with Gasteiger partial charge in [0.25, 0.3) is 0 Å². The average molecular weight is 238 g/mol. The SMILES string of the molecule is CCOC(=O)C(F)(F)Sc1cccs1. The van der Waals surface area contributed by atoms with E-state index in [1.54, 1.807) is 11.4 Å². The predicted octanol–water partition coefficient (Wildman–Crippen LogP) is 3.00. The minimum absolute atomic E-state index is 0.0422.